The quantitative estimate of drug-likeness (QED) is 0.727. The first-order chi connectivity index (χ1) is 12.4. The first-order valence-corrected chi connectivity index (χ1v) is 8.32. The van der Waals surface area contributed by atoms with E-state index in [1.54, 1.807) is 6.20 Å². The Kier molecular flexibility index (Phi) is 3.29. The molecule has 0 spiro atoms. The Morgan fingerprint density at radius 1 is 0.920 bits per heavy atom. The summed E-state index contributed by atoms with van der Waals surface area (Å²) in [7, 11) is 0. The summed E-state index contributed by atoms with van der Waals surface area (Å²) in [6.07, 6.45) is 4.21. The molecule has 0 saturated carbocycles. The molecule has 5 rings (SSSR count). The van der Waals surface area contributed by atoms with Crippen molar-refractivity contribution in [3.8, 4) is 34.3 Å². The third-order valence-corrected chi connectivity index (χ3v) is 4.48. The zero-order valence-electron chi connectivity index (χ0n) is 13.5. The molecule has 0 N–H and O–H groups in total. The van der Waals surface area contributed by atoms with E-state index in [4.69, 9.17) is 14.0 Å². The molecule has 4 heterocycles. The van der Waals surface area contributed by atoms with Crippen molar-refractivity contribution in [3.63, 3.8) is 0 Å². The SMILES string of the molecule is c1cc(-c2noc(-c3ccc4c(c3)OCO4)n2)cc(N2CCCC2)n1. The van der Waals surface area contributed by atoms with E-state index in [1.807, 2.05) is 30.3 Å². The molecule has 1 saturated heterocycles. The van der Waals surface area contributed by atoms with Crippen molar-refractivity contribution >= 4 is 5.82 Å². The maximum Gasteiger partial charge on any atom is 0.258 e. The van der Waals surface area contributed by atoms with Gasteiger partial charge >= 0.3 is 0 Å². The predicted molar refractivity (Wildman–Crippen MR) is 90.5 cm³/mol. The van der Waals surface area contributed by atoms with Gasteiger partial charge in [-0.1, -0.05) is 5.16 Å². The molecule has 126 valence electrons. The highest BCUT2D eigenvalue weighted by atomic mass is 16.7. The zero-order valence-corrected chi connectivity index (χ0v) is 13.5. The van der Waals surface area contributed by atoms with Crippen LogP contribution in [0.3, 0.4) is 0 Å². The lowest BCUT2D eigenvalue weighted by Gasteiger charge is -2.16. The number of fused-ring (bicyclic) bond motifs is 1. The number of rotatable bonds is 3. The van der Waals surface area contributed by atoms with Crippen molar-refractivity contribution in [1.82, 2.24) is 15.1 Å². The number of pyridine rings is 1. The molecule has 0 amide bonds. The Morgan fingerprint density at radius 2 is 1.80 bits per heavy atom. The fraction of sp³-hybridized carbons (Fsp3) is 0.278. The minimum Gasteiger partial charge on any atom is -0.454 e. The van der Waals surface area contributed by atoms with Crippen molar-refractivity contribution in [2.24, 2.45) is 0 Å². The second-order valence-electron chi connectivity index (χ2n) is 6.09. The largest absolute Gasteiger partial charge is 0.454 e. The molecule has 0 bridgehead atoms. The third kappa shape index (κ3) is 2.57. The number of hydrogen-bond donors (Lipinski definition) is 0. The molecule has 25 heavy (non-hydrogen) atoms. The molecule has 2 aliphatic rings. The van der Waals surface area contributed by atoms with Crippen molar-refractivity contribution in [2.45, 2.75) is 12.8 Å². The zero-order chi connectivity index (χ0) is 16.6. The highest BCUT2D eigenvalue weighted by molar-refractivity contribution is 5.65. The van der Waals surface area contributed by atoms with E-state index in [1.165, 1.54) is 12.8 Å². The van der Waals surface area contributed by atoms with E-state index >= 15 is 0 Å². The standard InChI is InChI=1S/C18H16N4O3/c1-2-8-22(7-1)16-10-12(5-6-19-16)17-20-18(25-21-17)13-3-4-14-15(9-13)24-11-23-14/h3-6,9-10H,1-2,7-8,11H2. The molecule has 3 aromatic rings. The predicted octanol–water partition coefficient (Wildman–Crippen LogP) is 3.13. The van der Waals surface area contributed by atoms with Crippen LogP contribution in [-0.4, -0.2) is 35.0 Å². The van der Waals surface area contributed by atoms with Gasteiger partial charge in [0.15, 0.2) is 11.5 Å². The minimum absolute atomic E-state index is 0.240. The first-order valence-electron chi connectivity index (χ1n) is 8.32. The number of hydrogen-bond acceptors (Lipinski definition) is 7. The van der Waals surface area contributed by atoms with Crippen LogP contribution in [0.5, 0.6) is 11.5 Å². The Hall–Kier alpha value is -3.09. The van der Waals surface area contributed by atoms with E-state index in [0.717, 1.165) is 35.8 Å². The van der Waals surface area contributed by atoms with E-state index in [2.05, 4.69) is 20.0 Å². The number of benzene rings is 1. The van der Waals surface area contributed by atoms with Crippen molar-refractivity contribution in [3.05, 3.63) is 36.5 Å². The lowest BCUT2D eigenvalue weighted by molar-refractivity contribution is 0.174. The van der Waals surface area contributed by atoms with Crippen LogP contribution in [0.4, 0.5) is 5.82 Å². The third-order valence-electron chi connectivity index (χ3n) is 4.48. The van der Waals surface area contributed by atoms with Gasteiger partial charge < -0.3 is 18.9 Å². The fourth-order valence-electron chi connectivity index (χ4n) is 3.16. The monoisotopic (exact) mass is 336 g/mol. The van der Waals surface area contributed by atoms with Gasteiger partial charge in [0.25, 0.3) is 5.89 Å². The Labute approximate surface area is 144 Å². The van der Waals surface area contributed by atoms with Gasteiger partial charge in [-0.2, -0.15) is 4.98 Å². The average Bonchev–Trinajstić information content (AvgIpc) is 3.42. The van der Waals surface area contributed by atoms with E-state index in [0.29, 0.717) is 17.5 Å². The number of ether oxygens (including phenoxy) is 2. The molecular formula is C18H16N4O3. The Balaban J connectivity index is 1.45. The van der Waals surface area contributed by atoms with E-state index < -0.39 is 0 Å². The maximum atomic E-state index is 5.44. The topological polar surface area (TPSA) is 73.5 Å². The van der Waals surface area contributed by atoms with Gasteiger partial charge in [-0.05, 0) is 43.2 Å². The van der Waals surface area contributed by atoms with Crippen LogP contribution in [-0.2, 0) is 0 Å². The molecule has 1 fully saturated rings. The van der Waals surface area contributed by atoms with Crippen LogP contribution in [0.15, 0.2) is 41.1 Å². The lowest BCUT2D eigenvalue weighted by atomic mass is 10.2. The Morgan fingerprint density at radius 3 is 2.72 bits per heavy atom. The average molecular weight is 336 g/mol. The summed E-state index contributed by atoms with van der Waals surface area (Å²) in [5, 5.41) is 4.12. The highest BCUT2D eigenvalue weighted by Crippen LogP contribution is 2.36. The molecule has 0 aliphatic carbocycles. The van der Waals surface area contributed by atoms with Crippen LogP contribution in [0.1, 0.15) is 12.8 Å². The van der Waals surface area contributed by atoms with Gasteiger partial charge in [0.1, 0.15) is 5.82 Å². The van der Waals surface area contributed by atoms with Gasteiger partial charge in [0.05, 0.1) is 0 Å². The first kappa shape index (κ1) is 14.3. The maximum absolute atomic E-state index is 5.44. The van der Waals surface area contributed by atoms with Crippen LogP contribution < -0.4 is 14.4 Å². The van der Waals surface area contributed by atoms with Crippen LogP contribution in [0, 0.1) is 0 Å². The summed E-state index contributed by atoms with van der Waals surface area (Å²) in [4.78, 5) is 11.3. The summed E-state index contributed by atoms with van der Waals surface area (Å²) in [6, 6.07) is 9.49. The summed E-state index contributed by atoms with van der Waals surface area (Å²) >= 11 is 0. The van der Waals surface area contributed by atoms with Crippen LogP contribution >= 0.6 is 0 Å². The summed E-state index contributed by atoms with van der Waals surface area (Å²) in [6.45, 7) is 2.33. The number of aromatic nitrogens is 3. The van der Waals surface area contributed by atoms with Crippen LogP contribution in [0.2, 0.25) is 0 Å². The van der Waals surface area contributed by atoms with Crippen molar-refractivity contribution < 1.29 is 14.0 Å². The Bertz CT molecular complexity index is 918. The van der Waals surface area contributed by atoms with Gasteiger partial charge in [-0.25, -0.2) is 4.98 Å². The molecule has 0 unspecified atom stereocenters. The number of nitrogens with zero attached hydrogens (tertiary/aromatic N) is 4. The van der Waals surface area contributed by atoms with Gasteiger partial charge in [0.2, 0.25) is 12.6 Å². The van der Waals surface area contributed by atoms with Gasteiger partial charge in [-0.15, -0.1) is 0 Å². The number of anilines is 1. The molecule has 2 aliphatic heterocycles. The molecular weight excluding hydrogens is 320 g/mol. The van der Waals surface area contributed by atoms with Crippen LogP contribution in [0.25, 0.3) is 22.8 Å². The van der Waals surface area contributed by atoms with Gasteiger partial charge in [-0.3, -0.25) is 0 Å². The van der Waals surface area contributed by atoms with Crippen molar-refractivity contribution in [2.75, 3.05) is 24.8 Å². The molecule has 7 heteroatoms. The fourth-order valence-corrected chi connectivity index (χ4v) is 3.16. The van der Waals surface area contributed by atoms with Gasteiger partial charge in [0, 0.05) is 30.4 Å². The summed E-state index contributed by atoms with van der Waals surface area (Å²) < 4.78 is 16.2. The normalized spacial score (nSPS) is 15.8. The molecule has 0 atom stereocenters. The second-order valence-corrected chi connectivity index (χ2v) is 6.09. The smallest absolute Gasteiger partial charge is 0.258 e. The molecule has 2 aromatic heterocycles. The van der Waals surface area contributed by atoms with E-state index in [-0.39, 0.29) is 6.79 Å². The summed E-state index contributed by atoms with van der Waals surface area (Å²) in [5.41, 5.74) is 1.70. The second kappa shape index (κ2) is 5.77. The molecule has 0 radical (unpaired) electrons. The minimum atomic E-state index is 0.240. The highest BCUT2D eigenvalue weighted by Gasteiger charge is 2.18. The molecule has 1 aromatic carbocycles. The van der Waals surface area contributed by atoms with Crippen molar-refractivity contribution in [1.29, 1.82) is 0 Å². The summed E-state index contributed by atoms with van der Waals surface area (Å²) in [5.74, 6) is 3.39. The molecule has 7 nitrogen and oxygen atoms in total. The van der Waals surface area contributed by atoms with E-state index in [9.17, 15) is 0 Å². The lowest BCUT2D eigenvalue weighted by Crippen LogP contribution is -2.18.